The smallest absolute Gasteiger partial charge is 0.335 e. The summed E-state index contributed by atoms with van der Waals surface area (Å²) < 4.78 is 2.48. The summed E-state index contributed by atoms with van der Waals surface area (Å²) in [5, 5.41) is 45.1. The molecule has 80 heavy (non-hydrogen) atoms. The number of quaternary nitrogens is 2. The van der Waals surface area contributed by atoms with E-state index in [0.717, 1.165) is 18.2 Å². The lowest BCUT2D eigenvalue weighted by Crippen LogP contribution is -2.41. The molecule has 4 aromatic carbocycles. The minimum absolute atomic E-state index is 0.110. The first-order valence-corrected chi connectivity index (χ1v) is 31.8. The fourth-order valence-electron chi connectivity index (χ4n) is 10.2. The molecule has 0 fully saturated rings. The Morgan fingerprint density at radius 1 is 0.463 bits per heavy atom. The summed E-state index contributed by atoms with van der Waals surface area (Å²) in [6.07, 6.45) is 46.1. The number of benzene rings is 4. The zero-order valence-electron chi connectivity index (χ0n) is 51.7. The van der Waals surface area contributed by atoms with Gasteiger partial charge in [0.15, 0.2) is 0 Å². The fourth-order valence-corrected chi connectivity index (χ4v) is 10.2. The van der Waals surface area contributed by atoms with Gasteiger partial charge in [-0.2, -0.15) is 10.2 Å². The van der Waals surface area contributed by atoms with Crippen LogP contribution in [-0.2, 0) is 0 Å². The predicted octanol–water partition coefficient (Wildman–Crippen LogP) is 18.3. The molecule has 0 aliphatic carbocycles. The van der Waals surface area contributed by atoms with Crippen molar-refractivity contribution in [3.63, 3.8) is 0 Å². The number of carboxylic acid groups (broad SMARTS) is 2. The highest BCUT2D eigenvalue weighted by Gasteiger charge is 2.17. The molecule has 0 aliphatic rings. The number of para-hydroxylation sites is 1. The van der Waals surface area contributed by atoms with E-state index in [9.17, 15) is 29.7 Å². The van der Waals surface area contributed by atoms with Gasteiger partial charge in [0.2, 0.25) is 0 Å². The Bertz CT molecular complexity index is 2170. The van der Waals surface area contributed by atoms with E-state index in [4.69, 9.17) is 0 Å². The average molecular weight is 1110 g/mol. The normalized spacial score (nSPS) is 11.6. The second kappa shape index (κ2) is 43.6. The van der Waals surface area contributed by atoms with Crippen LogP contribution in [0.25, 0.3) is 10.8 Å². The largest absolute Gasteiger partial charge is 0.870 e. The number of nitrogens with zero attached hydrogens (tertiary/aromatic N) is 4. The van der Waals surface area contributed by atoms with Crippen molar-refractivity contribution in [1.29, 1.82) is 0 Å². The van der Waals surface area contributed by atoms with Crippen molar-refractivity contribution in [3.8, 4) is 5.75 Å². The van der Waals surface area contributed by atoms with Gasteiger partial charge in [-0.3, -0.25) is 4.79 Å². The maximum atomic E-state index is 13.2. The number of amides is 1. The van der Waals surface area contributed by atoms with E-state index in [1.54, 1.807) is 54.6 Å². The van der Waals surface area contributed by atoms with Gasteiger partial charge in [-0.1, -0.05) is 230 Å². The number of rotatable bonds is 42. The van der Waals surface area contributed by atoms with Crippen molar-refractivity contribution < 1.29 is 38.7 Å². The summed E-state index contributed by atoms with van der Waals surface area (Å²) >= 11 is 0. The monoisotopic (exact) mass is 1110 g/mol. The Morgan fingerprint density at radius 2 is 0.825 bits per heavy atom. The molecule has 11 heteroatoms. The number of fused-ring (bicyclic) bond motifs is 1. The van der Waals surface area contributed by atoms with Crippen LogP contribution in [0.1, 0.15) is 264 Å². The van der Waals surface area contributed by atoms with Crippen molar-refractivity contribution >= 4 is 45.7 Å². The van der Waals surface area contributed by atoms with E-state index in [0.29, 0.717) is 16.5 Å². The van der Waals surface area contributed by atoms with Crippen molar-refractivity contribution in [2.24, 2.45) is 10.2 Å². The van der Waals surface area contributed by atoms with Crippen LogP contribution in [0, 0.1) is 0 Å². The first-order chi connectivity index (χ1) is 38.6. The zero-order chi connectivity index (χ0) is 58.7. The van der Waals surface area contributed by atoms with E-state index in [1.807, 2.05) is 0 Å². The summed E-state index contributed by atoms with van der Waals surface area (Å²) in [7, 11) is 9.73. The maximum absolute atomic E-state index is 13.2. The molecule has 0 aromatic heterocycles. The zero-order valence-corrected chi connectivity index (χ0v) is 51.7. The number of nitrogens with one attached hydrogen (secondary N) is 1. The standard InChI is InChI=1S/C25H17N3O6.2C22H48N/c29-22-20(23(30)26-17-7-2-1-3-8-17)13-14-6-4-5-9-19(14)21(22)28-27-18-11-15(24(31)32)10-16(12-18)25(33)34;2*1-5-7-9-11-13-15-17-19-21-23(3,4)22-20-18-16-14-12-10-8-6-2/h1-13,29H,(H,26,30)(H,31,32)(H,33,34);2*5-22H2,1-4H3/q;2*+1/p-2. The topological polar surface area (TPSA) is 154 Å². The molecule has 0 heterocycles. The molecule has 448 valence electrons. The molecule has 1 amide bonds. The molecule has 0 bridgehead atoms. The average Bonchev–Trinajstić information content (AvgIpc) is 3.49. The SMILES string of the molecule is CCCCCCCCCC[N+](C)(C)CCCCCCCCCC.CCCCCCCCCC[N+](C)(C)CCCCCCCCCC.O=C([O-])c1cc(N=Nc2c([O-])c(C(=O)Nc3ccccc3)cc3ccccc23)cc(C(=O)O)c1. The lowest BCUT2D eigenvalue weighted by atomic mass is 10.0. The molecule has 0 spiro atoms. The quantitative estimate of drug-likeness (QED) is 0.0256. The van der Waals surface area contributed by atoms with Gasteiger partial charge in [-0.05, 0) is 93.2 Å². The van der Waals surface area contributed by atoms with Gasteiger partial charge in [0, 0.05) is 22.2 Å². The number of hydrogen-bond donors (Lipinski definition) is 2. The van der Waals surface area contributed by atoms with E-state index < -0.39 is 29.2 Å². The van der Waals surface area contributed by atoms with Crippen molar-refractivity contribution in [1.82, 2.24) is 0 Å². The number of unbranched alkanes of at least 4 members (excludes halogenated alkanes) is 28. The Morgan fingerprint density at radius 3 is 1.21 bits per heavy atom. The van der Waals surface area contributed by atoms with Crippen molar-refractivity contribution in [2.75, 3.05) is 59.7 Å². The summed E-state index contributed by atoms with van der Waals surface area (Å²) in [5.74, 6) is -4.28. The second-order valence-corrected chi connectivity index (χ2v) is 23.9. The highest BCUT2D eigenvalue weighted by atomic mass is 16.4. The molecule has 0 aliphatic heterocycles. The van der Waals surface area contributed by atoms with E-state index in [-0.39, 0.29) is 22.5 Å². The minimum Gasteiger partial charge on any atom is -0.870 e. The van der Waals surface area contributed by atoms with Gasteiger partial charge in [0.05, 0.1) is 77.3 Å². The van der Waals surface area contributed by atoms with Crippen molar-refractivity contribution in [2.45, 2.75) is 233 Å². The van der Waals surface area contributed by atoms with Gasteiger partial charge in [-0.15, -0.1) is 0 Å². The third-order valence-corrected chi connectivity index (χ3v) is 15.4. The number of carboxylic acids is 2. The van der Waals surface area contributed by atoms with Gasteiger partial charge in [0.1, 0.15) is 0 Å². The van der Waals surface area contributed by atoms with Crippen LogP contribution < -0.4 is 15.5 Å². The molecular formula is C69H111N5O6. The lowest BCUT2D eigenvalue weighted by Gasteiger charge is -2.30. The number of aromatic carboxylic acids is 2. The first kappa shape index (κ1) is 71.0. The predicted molar refractivity (Wildman–Crippen MR) is 334 cm³/mol. The van der Waals surface area contributed by atoms with Gasteiger partial charge in [-0.25, -0.2) is 4.79 Å². The number of hydrogen-bond acceptors (Lipinski definition) is 7. The highest BCUT2D eigenvalue weighted by Crippen LogP contribution is 2.38. The van der Waals surface area contributed by atoms with Crippen LogP contribution in [0.3, 0.4) is 0 Å². The molecule has 4 aromatic rings. The maximum Gasteiger partial charge on any atom is 0.335 e. The third kappa shape index (κ3) is 33.0. The third-order valence-electron chi connectivity index (χ3n) is 15.4. The Kier molecular flexibility index (Phi) is 38.7. The summed E-state index contributed by atoms with van der Waals surface area (Å²) in [6, 6.07) is 19.9. The van der Waals surface area contributed by atoms with E-state index in [1.165, 1.54) is 247 Å². The Hall–Kier alpha value is -5.13. The number of azo groups is 1. The molecule has 2 N–H and O–H groups in total. The molecule has 0 saturated heterocycles. The first-order valence-electron chi connectivity index (χ1n) is 31.8. The summed E-state index contributed by atoms with van der Waals surface area (Å²) in [4.78, 5) is 35.4. The molecular weight excluding hydrogens is 995 g/mol. The van der Waals surface area contributed by atoms with Crippen LogP contribution in [0.2, 0.25) is 0 Å². The molecule has 0 unspecified atom stereocenters. The Balaban J connectivity index is 0.000000426. The summed E-state index contributed by atoms with van der Waals surface area (Å²) in [5.41, 5.74) is -0.653. The van der Waals surface area contributed by atoms with Crippen LogP contribution in [-0.4, -0.2) is 86.3 Å². The number of anilines is 1. The molecule has 4 rings (SSSR count). The molecule has 0 atom stereocenters. The Labute approximate surface area is 486 Å². The highest BCUT2D eigenvalue weighted by molar-refractivity contribution is 6.11. The molecule has 0 radical (unpaired) electrons. The summed E-state index contributed by atoms with van der Waals surface area (Å²) in [6.45, 7) is 14.7. The fraction of sp³-hybridized carbons (Fsp3) is 0.638. The lowest BCUT2D eigenvalue weighted by molar-refractivity contribution is -0.890. The van der Waals surface area contributed by atoms with Crippen LogP contribution >= 0.6 is 0 Å². The molecule has 0 saturated carbocycles. The van der Waals surface area contributed by atoms with Gasteiger partial charge < -0.3 is 34.4 Å². The van der Waals surface area contributed by atoms with Gasteiger partial charge >= 0.3 is 5.97 Å². The minimum atomic E-state index is -1.59. The second-order valence-electron chi connectivity index (χ2n) is 23.9. The van der Waals surface area contributed by atoms with Gasteiger partial charge in [0.25, 0.3) is 5.91 Å². The van der Waals surface area contributed by atoms with Crippen molar-refractivity contribution in [3.05, 3.63) is 95.6 Å². The van der Waals surface area contributed by atoms with Crippen LogP contribution in [0.15, 0.2) is 89.1 Å². The van der Waals surface area contributed by atoms with Crippen LogP contribution in [0.5, 0.6) is 5.75 Å². The van der Waals surface area contributed by atoms with Crippen LogP contribution in [0.4, 0.5) is 17.1 Å². The van der Waals surface area contributed by atoms with E-state index in [2.05, 4.69) is 71.4 Å². The number of carbonyl (C=O) groups excluding carboxylic acids is 2. The number of carbonyl (C=O) groups is 3. The van der Waals surface area contributed by atoms with E-state index >= 15 is 0 Å². The molecule has 11 nitrogen and oxygen atoms in total.